The van der Waals surface area contributed by atoms with E-state index in [0.717, 1.165) is 48.5 Å². The zero-order valence-electron chi connectivity index (χ0n) is 21.3. The minimum absolute atomic E-state index is 0.403. The summed E-state index contributed by atoms with van der Waals surface area (Å²) in [6.45, 7) is 8.41. The highest BCUT2D eigenvalue weighted by molar-refractivity contribution is 5.93. The summed E-state index contributed by atoms with van der Waals surface area (Å²) in [5.74, 6) is 2.49. The van der Waals surface area contributed by atoms with Gasteiger partial charge in [-0.1, -0.05) is 6.07 Å². The number of hydrogen-bond acceptors (Lipinski definition) is 8. The van der Waals surface area contributed by atoms with Crippen LogP contribution < -0.4 is 20.7 Å². The van der Waals surface area contributed by atoms with Gasteiger partial charge in [-0.15, -0.1) is 0 Å². The van der Waals surface area contributed by atoms with Gasteiger partial charge in [0.1, 0.15) is 29.0 Å². The number of nitrogens with two attached hydrogens (primary N) is 1. The summed E-state index contributed by atoms with van der Waals surface area (Å²) in [7, 11) is 5.78. The number of nitrogen functional groups attached to an aromatic ring is 1. The summed E-state index contributed by atoms with van der Waals surface area (Å²) < 4.78 is 12.8. The molecule has 10 nitrogen and oxygen atoms in total. The lowest BCUT2D eigenvalue weighted by Gasteiger charge is -2.20. The van der Waals surface area contributed by atoms with E-state index in [9.17, 15) is 4.79 Å². The van der Waals surface area contributed by atoms with E-state index in [1.807, 2.05) is 37.4 Å². The molecule has 1 saturated heterocycles. The first-order valence-electron chi connectivity index (χ1n) is 11.8. The van der Waals surface area contributed by atoms with Gasteiger partial charge in [-0.3, -0.25) is 5.32 Å². The number of carbonyl (C=O) groups is 1. The fourth-order valence-electron chi connectivity index (χ4n) is 4.58. The molecule has 0 aliphatic carbocycles. The molecule has 1 fully saturated rings. The molecule has 3 heterocycles. The summed E-state index contributed by atoms with van der Waals surface area (Å²) in [5.41, 5.74) is 8.77. The van der Waals surface area contributed by atoms with Crippen molar-refractivity contribution >= 4 is 28.9 Å². The van der Waals surface area contributed by atoms with E-state index in [4.69, 9.17) is 15.2 Å². The maximum Gasteiger partial charge on any atom is 0.412 e. The molecule has 1 atom stereocenters. The smallest absolute Gasteiger partial charge is 0.412 e. The van der Waals surface area contributed by atoms with Gasteiger partial charge >= 0.3 is 6.09 Å². The molecule has 35 heavy (non-hydrogen) atoms. The van der Waals surface area contributed by atoms with E-state index >= 15 is 0 Å². The molecule has 3 aromatic rings. The third-order valence-electron chi connectivity index (χ3n) is 5.95. The van der Waals surface area contributed by atoms with Gasteiger partial charge in [-0.2, -0.15) is 5.10 Å². The monoisotopic (exact) mass is 481 g/mol. The van der Waals surface area contributed by atoms with Crippen LogP contribution in [0, 0.1) is 5.92 Å². The number of methoxy groups -OCH3 is 1. The number of benzene rings is 1. The van der Waals surface area contributed by atoms with Crippen molar-refractivity contribution in [3.05, 3.63) is 30.6 Å². The van der Waals surface area contributed by atoms with Crippen molar-refractivity contribution in [2.45, 2.75) is 32.8 Å². The average molecular weight is 482 g/mol. The first kappa shape index (κ1) is 24.6. The SMILES string of the molecule is COc1cc(-c2cc(N3CCC(CN(C)C)C3)n3ncnc(N)c23)ccc1NC(=O)OC(C)(C)C. The van der Waals surface area contributed by atoms with E-state index < -0.39 is 11.7 Å². The molecular weight excluding hydrogens is 446 g/mol. The number of hydrogen-bond donors (Lipinski definition) is 2. The number of amides is 1. The maximum atomic E-state index is 12.3. The van der Waals surface area contributed by atoms with Gasteiger partial charge in [0.2, 0.25) is 0 Å². The molecule has 10 heteroatoms. The van der Waals surface area contributed by atoms with Crippen molar-refractivity contribution in [1.29, 1.82) is 0 Å². The van der Waals surface area contributed by atoms with Gasteiger partial charge in [-0.25, -0.2) is 14.3 Å². The second-order valence-electron chi connectivity index (χ2n) is 10.2. The van der Waals surface area contributed by atoms with Crippen LogP contribution in [0.4, 0.5) is 22.1 Å². The summed E-state index contributed by atoms with van der Waals surface area (Å²) in [5, 5.41) is 7.28. The molecule has 188 valence electrons. The van der Waals surface area contributed by atoms with Crippen molar-refractivity contribution in [2.24, 2.45) is 5.92 Å². The van der Waals surface area contributed by atoms with Crippen molar-refractivity contribution in [3.8, 4) is 16.9 Å². The van der Waals surface area contributed by atoms with Crippen molar-refractivity contribution < 1.29 is 14.3 Å². The lowest BCUT2D eigenvalue weighted by molar-refractivity contribution is 0.0635. The second kappa shape index (κ2) is 9.61. The predicted molar refractivity (Wildman–Crippen MR) is 138 cm³/mol. The standard InChI is InChI=1S/C25H35N7O3/c1-25(2,3)35-24(33)29-19-8-7-17(11-20(19)34-6)18-12-21(32-22(18)23(26)27-15-28-32)31-10-9-16(14-31)13-30(4)5/h7-8,11-12,15-16H,9-10,13-14H2,1-6H3,(H,29,33)(H2,26,27,28). The minimum Gasteiger partial charge on any atom is -0.495 e. The highest BCUT2D eigenvalue weighted by Gasteiger charge is 2.27. The molecular formula is C25H35N7O3. The van der Waals surface area contributed by atoms with Crippen LogP contribution in [0.2, 0.25) is 0 Å². The Hall–Kier alpha value is -3.53. The van der Waals surface area contributed by atoms with Gasteiger partial charge in [0.15, 0.2) is 5.82 Å². The number of aromatic nitrogens is 3. The molecule has 1 aliphatic rings. The number of rotatable bonds is 6. The van der Waals surface area contributed by atoms with E-state index in [-0.39, 0.29) is 0 Å². The maximum absolute atomic E-state index is 12.3. The van der Waals surface area contributed by atoms with Crippen LogP contribution >= 0.6 is 0 Å². The van der Waals surface area contributed by atoms with Crippen LogP contribution in [-0.4, -0.2) is 72.0 Å². The van der Waals surface area contributed by atoms with Crippen LogP contribution in [0.25, 0.3) is 16.6 Å². The third kappa shape index (κ3) is 5.43. The molecule has 1 aromatic carbocycles. The Morgan fingerprint density at radius 1 is 1.29 bits per heavy atom. The van der Waals surface area contributed by atoms with Crippen LogP contribution in [-0.2, 0) is 4.74 Å². The number of nitrogens with one attached hydrogen (secondary N) is 1. The van der Waals surface area contributed by atoms with Gasteiger partial charge < -0.3 is 25.0 Å². The Kier molecular flexibility index (Phi) is 6.75. The summed E-state index contributed by atoms with van der Waals surface area (Å²) in [6, 6.07) is 7.69. The Balaban J connectivity index is 1.69. The first-order chi connectivity index (χ1) is 16.6. The molecule has 0 spiro atoms. The van der Waals surface area contributed by atoms with Gasteiger partial charge in [-0.05, 0) is 71.0 Å². The molecule has 0 saturated carbocycles. The van der Waals surface area contributed by atoms with Crippen molar-refractivity contribution in [1.82, 2.24) is 19.5 Å². The summed E-state index contributed by atoms with van der Waals surface area (Å²) in [6.07, 6.45) is 2.07. The van der Waals surface area contributed by atoms with Gasteiger partial charge in [0, 0.05) is 25.2 Å². The number of anilines is 3. The van der Waals surface area contributed by atoms with Crippen LogP contribution in [0.15, 0.2) is 30.6 Å². The fraction of sp³-hybridized carbons (Fsp3) is 0.480. The van der Waals surface area contributed by atoms with E-state index in [2.05, 4.69) is 45.4 Å². The van der Waals surface area contributed by atoms with Crippen LogP contribution in [0.5, 0.6) is 5.75 Å². The number of ether oxygens (including phenoxy) is 2. The topological polar surface area (TPSA) is 110 Å². The second-order valence-corrected chi connectivity index (χ2v) is 10.2. The first-order valence-corrected chi connectivity index (χ1v) is 11.8. The largest absolute Gasteiger partial charge is 0.495 e. The fourth-order valence-corrected chi connectivity index (χ4v) is 4.58. The van der Waals surface area contributed by atoms with E-state index in [0.29, 0.717) is 23.2 Å². The predicted octanol–water partition coefficient (Wildman–Crippen LogP) is 3.72. The molecule has 0 radical (unpaired) electrons. The zero-order chi connectivity index (χ0) is 25.3. The molecule has 3 N–H and O–H groups in total. The van der Waals surface area contributed by atoms with E-state index in [1.54, 1.807) is 13.2 Å². The highest BCUT2D eigenvalue weighted by atomic mass is 16.6. The Bertz CT molecular complexity index is 1220. The Morgan fingerprint density at radius 2 is 2.06 bits per heavy atom. The normalized spacial score (nSPS) is 16.2. The molecule has 0 bridgehead atoms. The van der Waals surface area contributed by atoms with Crippen molar-refractivity contribution in [2.75, 3.05) is 56.8 Å². The Labute approximate surface area is 206 Å². The lowest BCUT2D eigenvalue weighted by Crippen LogP contribution is -2.27. The zero-order valence-corrected chi connectivity index (χ0v) is 21.3. The molecule has 1 unspecified atom stereocenters. The Morgan fingerprint density at radius 3 is 2.74 bits per heavy atom. The highest BCUT2D eigenvalue weighted by Crippen LogP contribution is 2.38. The number of fused-ring (bicyclic) bond motifs is 1. The molecule has 1 amide bonds. The molecule has 1 aliphatic heterocycles. The lowest BCUT2D eigenvalue weighted by atomic mass is 10.1. The van der Waals surface area contributed by atoms with Gasteiger partial charge in [0.25, 0.3) is 0 Å². The molecule has 2 aromatic heterocycles. The van der Waals surface area contributed by atoms with Crippen molar-refractivity contribution in [3.63, 3.8) is 0 Å². The number of nitrogens with zero attached hydrogens (tertiary/aromatic N) is 5. The average Bonchev–Trinajstić information content (AvgIpc) is 3.37. The number of carbonyl (C=O) groups excluding carboxylic acids is 1. The summed E-state index contributed by atoms with van der Waals surface area (Å²) >= 11 is 0. The van der Waals surface area contributed by atoms with E-state index in [1.165, 1.54) is 6.33 Å². The molecule has 4 rings (SSSR count). The third-order valence-corrected chi connectivity index (χ3v) is 5.95. The minimum atomic E-state index is -0.599. The quantitative estimate of drug-likeness (QED) is 0.548. The van der Waals surface area contributed by atoms with Crippen LogP contribution in [0.3, 0.4) is 0 Å². The van der Waals surface area contributed by atoms with Gasteiger partial charge in [0.05, 0.1) is 12.8 Å². The summed E-state index contributed by atoms with van der Waals surface area (Å²) in [4.78, 5) is 21.1. The van der Waals surface area contributed by atoms with Crippen LogP contribution in [0.1, 0.15) is 27.2 Å².